The van der Waals surface area contributed by atoms with Crippen molar-refractivity contribution in [2.75, 3.05) is 20.8 Å². The van der Waals surface area contributed by atoms with Crippen molar-refractivity contribution in [3.05, 3.63) is 72.2 Å². The van der Waals surface area contributed by atoms with Gasteiger partial charge in [-0.1, -0.05) is 12.1 Å². The van der Waals surface area contributed by atoms with Crippen LogP contribution in [0, 0.1) is 0 Å². The average Bonchev–Trinajstić information content (AvgIpc) is 3.49. The Bertz CT molecular complexity index is 1070. The van der Waals surface area contributed by atoms with Crippen LogP contribution in [0.2, 0.25) is 0 Å². The molecule has 0 aliphatic carbocycles. The SMILES string of the molecule is COc1cc(OC)cc(Oc2ccc(CNCCc3nc(-c4ccco4)n[nH]3)cc2)c1. The van der Waals surface area contributed by atoms with Gasteiger partial charge < -0.3 is 23.9 Å². The Kier molecular flexibility index (Phi) is 6.49. The third-order valence-electron chi connectivity index (χ3n) is 4.62. The topological polar surface area (TPSA) is 94.4 Å². The molecular weight excluding hydrogens is 396 g/mol. The Morgan fingerprint density at radius 3 is 2.35 bits per heavy atom. The van der Waals surface area contributed by atoms with Gasteiger partial charge in [0.1, 0.15) is 28.8 Å². The van der Waals surface area contributed by atoms with E-state index in [0.717, 1.165) is 36.6 Å². The molecular formula is C23H24N4O4. The Hall–Kier alpha value is -3.78. The number of hydrogen-bond donors (Lipinski definition) is 2. The van der Waals surface area contributed by atoms with Gasteiger partial charge in [-0.2, -0.15) is 5.10 Å². The molecule has 2 aromatic carbocycles. The van der Waals surface area contributed by atoms with Crippen molar-refractivity contribution in [1.82, 2.24) is 20.5 Å². The Morgan fingerprint density at radius 1 is 0.935 bits per heavy atom. The predicted molar refractivity (Wildman–Crippen MR) is 116 cm³/mol. The van der Waals surface area contributed by atoms with E-state index in [1.165, 1.54) is 0 Å². The number of furan rings is 1. The summed E-state index contributed by atoms with van der Waals surface area (Å²) in [5.41, 5.74) is 1.16. The van der Waals surface area contributed by atoms with Crippen LogP contribution in [0.25, 0.3) is 11.6 Å². The van der Waals surface area contributed by atoms with Crippen molar-refractivity contribution in [3.8, 4) is 34.6 Å². The quantitative estimate of drug-likeness (QED) is 0.371. The maximum Gasteiger partial charge on any atom is 0.216 e. The Morgan fingerprint density at radius 2 is 1.68 bits per heavy atom. The maximum atomic E-state index is 5.93. The van der Waals surface area contributed by atoms with Crippen molar-refractivity contribution >= 4 is 0 Å². The predicted octanol–water partition coefficient (Wildman–Crippen LogP) is 4.21. The number of benzene rings is 2. The van der Waals surface area contributed by atoms with Crippen LogP contribution in [0.3, 0.4) is 0 Å². The third-order valence-corrected chi connectivity index (χ3v) is 4.62. The normalized spacial score (nSPS) is 10.8. The number of aromatic amines is 1. The van der Waals surface area contributed by atoms with Crippen LogP contribution >= 0.6 is 0 Å². The van der Waals surface area contributed by atoms with E-state index in [-0.39, 0.29) is 0 Å². The second kappa shape index (κ2) is 9.82. The molecule has 0 radical (unpaired) electrons. The first kappa shape index (κ1) is 20.5. The fourth-order valence-electron chi connectivity index (χ4n) is 3.01. The number of methoxy groups -OCH3 is 2. The van der Waals surface area contributed by atoms with E-state index in [0.29, 0.717) is 28.8 Å². The van der Waals surface area contributed by atoms with Gasteiger partial charge in [0.05, 0.1) is 20.5 Å². The van der Waals surface area contributed by atoms with Crippen molar-refractivity contribution in [3.63, 3.8) is 0 Å². The first-order valence-corrected chi connectivity index (χ1v) is 9.89. The molecule has 2 heterocycles. The number of rotatable bonds is 10. The number of nitrogens with zero attached hydrogens (tertiary/aromatic N) is 2. The molecule has 0 aliphatic heterocycles. The molecule has 0 spiro atoms. The van der Waals surface area contributed by atoms with Gasteiger partial charge in [0, 0.05) is 37.7 Å². The molecule has 0 bridgehead atoms. The van der Waals surface area contributed by atoms with E-state index < -0.39 is 0 Å². The van der Waals surface area contributed by atoms with Crippen molar-refractivity contribution < 1.29 is 18.6 Å². The highest BCUT2D eigenvalue weighted by Gasteiger charge is 2.08. The Balaban J connectivity index is 1.25. The van der Waals surface area contributed by atoms with Crippen LogP contribution in [0.15, 0.2) is 65.3 Å². The van der Waals surface area contributed by atoms with Gasteiger partial charge in [0.2, 0.25) is 5.82 Å². The molecule has 0 amide bonds. The van der Waals surface area contributed by atoms with E-state index in [1.807, 2.05) is 48.5 Å². The van der Waals surface area contributed by atoms with E-state index in [2.05, 4.69) is 20.5 Å². The second-order valence-corrected chi connectivity index (χ2v) is 6.80. The molecule has 8 nitrogen and oxygen atoms in total. The first-order chi connectivity index (χ1) is 15.2. The molecule has 2 N–H and O–H groups in total. The van der Waals surface area contributed by atoms with Crippen LogP contribution in [-0.2, 0) is 13.0 Å². The van der Waals surface area contributed by atoms with Gasteiger partial charge >= 0.3 is 0 Å². The molecule has 0 saturated carbocycles. The molecule has 160 valence electrons. The standard InChI is InChI=1S/C23H24N4O4/c1-28-18-12-19(29-2)14-20(13-18)31-17-7-5-16(6-8-17)15-24-10-9-22-25-23(27-26-22)21-4-3-11-30-21/h3-8,11-14,24H,9-10,15H2,1-2H3,(H,25,26,27). The highest BCUT2D eigenvalue weighted by atomic mass is 16.5. The van der Waals surface area contributed by atoms with Gasteiger partial charge in [0.15, 0.2) is 5.76 Å². The summed E-state index contributed by atoms with van der Waals surface area (Å²) in [6.45, 7) is 1.51. The lowest BCUT2D eigenvalue weighted by Gasteiger charge is -2.10. The van der Waals surface area contributed by atoms with Crippen LogP contribution in [0.5, 0.6) is 23.0 Å². The molecule has 8 heteroatoms. The van der Waals surface area contributed by atoms with Crippen molar-refractivity contribution in [2.24, 2.45) is 0 Å². The van der Waals surface area contributed by atoms with Gasteiger partial charge in [-0.25, -0.2) is 4.98 Å². The molecule has 4 rings (SSSR count). The summed E-state index contributed by atoms with van der Waals surface area (Å²) in [5, 5.41) is 10.5. The van der Waals surface area contributed by atoms with E-state index in [9.17, 15) is 0 Å². The minimum absolute atomic E-state index is 0.573. The van der Waals surface area contributed by atoms with E-state index >= 15 is 0 Å². The Labute approximate surface area is 180 Å². The van der Waals surface area contributed by atoms with Crippen LogP contribution in [0.4, 0.5) is 0 Å². The maximum absolute atomic E-state index is 5.93. The first-order valence-electron chi connectivity index (χ1n) is 9.89. The smallest absolute Gasteiger partial charge is 0.216 e. The van der Waals surface area contributed by atoms with E-state index in [4.69, 9.17) is 18.6 Å². The zero-order chi connectivity index (χ0) is 21.5. The molecule has 0 saturated heterocycles. The highest BCUT2D eigenvalue weighted by Crippen LogP contribution is 2.30. The molecule has 0 fully saturated rings. The lowest BCUT2D eigenvalue weighted by atomic mass is 10.2. The fraction of sp³-hybridized carbons (Fsp3) is 0.217. The van der Waals surface area contributed by atoms with Crippen LogP contribution < -0.4 is 19.5 Å². The van der Waals surface area contributed by atoms with Crippen LogP contribution in [0.1, 0.15) is 11.4 Å². The number of nitrogens with one attached hydrogen (secondary N) is 2. The third kappa shape index (κ3) is 5.43. The monoisotopic (exact) mass is 420 g/mol. The minimum Gasteiger partial charge on any atom is -0.496 e. The summed E-state index contributed by atoms with van der Waals surface area (Å²) in [5.74, 6) is 4.80. The highest BCUT2D eigenvalue weighted by molar-refractivity contribution is 5.45. The summed E-state index contributed by atoms with van der Waals surface area (Å²) in [6, 6.07) is 17.0. The van der Waals surface area contributed by atoms with Crippen LogP contribution in [-0.4, -0.2) is 35.9 Å². The van der Waals surface area contributed by atoms with Gasteiger partial charge in [-0.3, -0.25) is 5.10 Å². The molecule has 31 heavy (non-hydrogen) atoms. The molecule has 0 aliphatic rings. The number of H-pyrrole nitrogens is 1. The summed E-state index contributed by atoms with van der Waals surface area (Å²) < 4.78 is 21.8. The zero-order valence-electron chi connectivity index (χ0n) is 17.4. The minimum atomic E-state index is 0.573. The molecule has 0 atom stereocenters. The number of ether oxygens (including phenoxy) is 3. The largest absolute Gasteiger partial charge is 0.496 e. The molecule has 2 aromatic heterocycles. The van der Waals surface area contributed by atoms with E-state index in [1.54, 1.807) is 26.5 Å². The summed E-state index contributed by atoms with van der Waals surface area (Å²) in [7, 11) is 3.22. The second-order valence-electron chi connectivity index (χ2n) is 6.80. The van der Waals surface area contributed by atoms with Crippen molar-refractivity contribution in [2.45, 2.75) is 13.0 Å². The summed E-state index contributed by atoms with van der Waals surface area (Å²) in [6.07, 6.45) is 2.35. The lowest BCUT2D eigenvalue weighted by molar-refractivity contribution is 0.386. The molecule has 4 aromatic rings. The summed E-state index contributed by atoms with van der Waals surface area (Å²) in [4.78, 5) is 4.44. The fourth-order valence-corrected chi connectivity index (χ4v) is 3.01. The van der Waals surface area contributed by atoms with Gasteiger partial charge in [-0.05, 0) is 29.8 Å². The molecule has 0 unspecified atom stereocenters. The zero-order valence-corrected chi connectivity index (χ0v) is 17.4. The number of aromatic nitrogens is 3. The average molecular weight is 420 g/mol. The summed E-state index contributed by atoms with van der Waals surface area (Å²) >= 11 is 0. The number of hydrogen-bond acceptors (Lipinski definition) is 7. The van der Waals surface area contributed by atoms with Gasteiger partial charge in [-0.15, -0.1) is 0 Å². The van der Waals surface area contributed by atoms with Crippen molar-refractivity contribution in [1.29, 1.82) is 0 Å². The lowest BCUT2D eigenvalue weighted by Crippen LogP contribution is -2.17. The van der Waals surface area contributed by atoms with Gasteiger partial charge in [0.25, 0.3) is 0 Å².